The zero-order chi connectivity index (χ0) is 77.3. The molecule has 0 saturated carbocycles. The Morgan fingerprint density at radius 3 is 0.870 bits per heavy atom. The van der Waals surface area contributed by atoms with Crippen LogP contribution in [-0.4, -0.2) is 63.7 Å². The average molecular weight is 1720 g/mol. The van der Waals surface area contributed by atoms with Crippen LogP contribution >= 0.6 is 7.82 Å². The van der Waals surface area contributed by atoms with Gasteiger partial charge in [0.15, 0.2) is 6.10 Å². The quantitative estimate of drug-likeness (QED) is 0.00867. The maximum atomic E-state index is 12.8. The second-order valence-electron chi connectivity index (χ2n) is 19.1. The monoisotopic (exact) mass is 1720 g/mol. The minimum Gasteiger partial charge on any atom is -0.756 e. The number of phosphoric acid groups is 1. The third-order valence-corrected chi connectivity index (χ3v) is 12.5. The molecule has 0 heterocycles. The minimum absolute atomic E-state index is 0. The molecule has 0 aromatic carbocycles. The topological polar surface area (TPSA) is 602 Å². The molecule has 0 spiro atoms. The molecule has 639 valence electrons. The molecule has 1 amide bonds. The molecule has 1 N–H and O–H groups in total. The molecular weight excluding hydrogens is 1630 g/mol. The zero-order valence-electron chi connectivity index (χ0n) is 57.7. The van der Waals surface area contributed by atoms with Crippen molar-refractivity contribution in [3.8, 4) is 0 Å². The molecule has 0 aromatic heterocycles. The van der Waals surface area contributed by atoms with E-state index in [2.05, 4.69) is 266 Å². The first kappa shape index (κ1) is 107. The predicted molar refractivity (Wildman–Crippen MR) is 286 cm³/mol. The van der Waals surface area contributed by atoms with Crippen molar-refractivity contribution < 1.29 is 326 Å². The zero-order valence-corrected chi connectivity index (χ0v) is 61.4. The van der Waals surface area contributed by atoms with Crippen LogP contribution in [0.25, 0.3) is 0 Å². The smallest absolute Gasteiger partial charge is 0.407 e. The summed E-state index contributed by atoms with van der Waals surface area (Å²) in [7, 11) is -5.02. The number of carbonyl (C=O) groups excluding carboxylic acids is 3. The van der Waals surface area contributed by atoms with Crippen LogP contribution in [0.1, 0.15) is 219 Å². The molecule has 62 heteroatoms. The molecule has 0 bridgehead atoms. The number of ether oxygens (including phenoxy) is 3. The number of esters is 2. The molecule has 0 rings (SSSR count). The van der Waals surface area contributed by atoms with Crippen molar-refractivity contribution in [2.75, 3.05) is 39.6 Å². The molecule has 2 unspecified atom stereocenters. The number of amides is 1. The number of hydrogen-bond donors (Lipinski definition) is 1. The second-order valence-corrected chi connectivity index (χ2v) is 20.5. The van der Waals surface area contributed by atoms with Gasteiger partial charge in [0.2, 0.25) is 0 Å². The second kappa shape index (κ2) is 92.9. The fourth-order valence-corrected chi connectivity index (χ4v) is 7.98. The van der Waals surface area contributed by atoms with Gasteiger partial charge in [0.25, 0.3) is 7.82 Å². The van der Waals surface area contributed by atoms with E-state index in [1.54, 1.807) is 0 Å². The first-order chi connectivity index (χ1) is 52.7. The SMILES string of the molecule is [CH-]=COOOOOOOOOOOOOOOOOOOOOOOOOOOOOOOOOOOOOOOOOOOOOOOOOCCOC(=O)NCCOP(=O)([O-])OCC(COC(=O)CCCCCCCCCCCCCCCCC)OC(=O)CCCCCCCCCCCCCCCCC.[Y]. The third kappa shape index (κ3) is 91.9. The number of carbonyl (C=O) groups is 3. The average Bonchev–Trinajstić information content (AvgIpc) is 0.918. The Kier molecular flexibility index (Phi) is 92.1. The largest absolute Gasteiger partial charge is 0.756 e. The van der Waals surface area contributed by atoms with Gasteiger partial charge in [-0.05, 0) is 53.1 Å². The Morgan fingerprint density at radius 2 is 0.583 bits per heavy atom. The van der Waals surface area contributed by atoms with Crippen LogP contribution in [0.15, 0.2) is 6.26 Å². The fourth-order valence-electron chi connectivity index (χ4n) is 7.24. The van der Waals surface area contributed by atoms with Gasteiger partial charge >= 0.3 is 18.0 Å². The summed E-state index contributed by atoms with van der Waals surface area (Å²) in [5, 5.41) is 171. The van der Waals surface area contributed by atoms with Crippen molar-refractivity contribution in [1.29, 1.82) is 0 Å². The summed E-state index contributed by atoms with van der Waals surface area (Å²) in [5.74, 6) is -1.10. The van der Waals surface area contributed by atoms with E-state index in [-0.39, 0.29) is 52.1 Å². The Labute approximate surface area is 633 Å². The van der Waals surface area contributed by atoms with E-state index in [1.165, 1.54) is 128 Å². The first-order valence-corrected chi connectivity index (χ1v) is 33.2. The van der Waals surface area contributed by atoms with Gasteiger partial charge in [-0.25, -0.2) is 9.68 Å². The number of nitrogens with one attached hydrogen (secondary N) is 1. The van der Waals surface area contributed by atoms with Crippen molar-refractivity contribution in [2.24, 2.45) is 0 Å². The normalized spacial score (nSPS) is 12.3. The van der Waals surface area contributed by atoms with Crippen molar-refractivity contribution in [1.82, 2.24) is 5.32 Å². The van der Waals surface area contributed by atoms with Crippen LogP contribution in [0.2, 0.25) is 0 Å². The van der Waals surface area contributed by atoms with Gasteiger partial charge in [0.05, 0.1) is 13.2 Å². The van der Waals surface area contributed by atoms with Crippen LogP contribution in [0.3, 0.4) is 0 Å². The molecule has 0 aliphatic carbocycles. The van der Waals surface area contributed by atoms with Crippen molar-refractivity contribution in [2.45, 2.75) is 225 Å². The molecular formula is C46H86NO59PY-2. The van der Waals surface area contributed by atoms with E-state index < -0.39 is 65.0 Å². The molecule has 2 atom stereocenters. The Morgan fingerprint density at radius 1 is 0.324 bits per heavy atom. The number of hydrogen-bond acceptors (Lipinski definition) is 59. The van der Waals surface area contributed by atoms with E-state index in [1.807, 2.05) is 0 Å². The number of alkyl carbamates (subject to hydrolysis) is 1. The van der Waals surface area contributed by atoms with Gasteiger partial charge in [-0.15, -0.1) is 0 Å². The Hall–Kier alpha value is -2.96. The summed E-state index contributed by atoms with van der Waals surface area (Å²) in [6, 6.07) is 0. The summed E-state index contributed by atoms with van der Waals surface area (Å²) >= 11 is 0. The summed E-state index contributed by atoms with van der Waals surface area (Å²) in [6.45, 7) is 6.18. The third-order valence-electron chi connectivity index (χ3n) is 11.6. The summed E-state index contributed by atoms with van der Waals surface area (Å²) in [5.41, 5.74) is 0. The van der Waals surface area contributed by atoms with E-state index in [4.69, 9.17) is 29.8 Å². The van der Waals surface area contributed by atoms with Crippen LogP contribution in [-0.2, 0) is 317 Å². The summed E-state index contributed by atoms with van der Waals surface area (Å²) < 4.78 is 38.0. The molecule has 0 saturated heterocycles. The Bertz CT molecular complexity index is 1880. The van der Waals surface area contributed by atoms with Crippen molar-refractivity contribution in [3.63, 3.8) is 0 Å². The van der Waals surface area contributed by atoms with Gasteiger partial charge in [-0.1, -0.05) is 200 Å². The van der Waals surface area contributed by atoms with E-state index >= 15 is 0 Å². The van der Waals surface area contributed by atoms with Gasteiger partial charge in [-0.2, -0.15) is 0 Å². The molecule has 0 fully saturated rings. The molecule has 108 heavy (non-hydrogen) atoms. The molecule has 0 aliphatic heterocycles. The number of phosphoric ester groups is 1. The van der Waals surface area contributed by atoms with Crippen molar-refractivity contribution in [3.05, 3.63) is 12.8 Å². The molecule has 1 radical (unpaired) electrons. The Balaban J connectivity index is 0. The van der Waals surface area contributed by atoms with Crippen molar-refractivity contribution >= 4 is 25.9 Å². The van der Waals surface area contributed by atoms with Crippen LogP contribution in [0.4, 0.5) is 4.79 Å². The number of unbranched alkanes of at least 4 members (excludes halogenated alkanes) is 28. The molecule has 60 nitrogen and oxygen atoms in total. The van der Waals surface area contributed by atoms with Gasteiger partial charge in [-0.3, -0.25) is 14.2 Å². The number of rotatable bonds is 94. The summed E-state index contributed by atoms with van der Waals surface area (Å²) in [6.07, 6.45) is 33.6. The van der Waals surface area contributed by atoms with E-state index in [0.29, 0.717) is 19.1 Å². The maximum absolute atomic E-state index is 12.8. The standard InChI is InChI=1S/C46H87NO59P.Y/c1-4-7-9-11-13-15-17-19-21-23-25-27-29-31-33-35-44(48)54-41-43(59-45(49)36-34-32-30-28-26-24-22-20-18-16-14-12-10-8-5-2)42-58-107(51,52)57-38-37-47-46(50)53-39-40-56-61-63-65-67-69-71-73-75-77-79-81-83-85-87-89-91-93-95-97-99-101-103-105-106-104-102-100-98-96-94-92-90-88-86-84-82-80-78-76-74-72-70-68-66-64-62-60-55-6-3;/h3,6,43H,4-5,7-42H2,1-2H3,(H,47,50)(H,51,52);/q-1;/p-1. The van der Waals surface area contributed by atoms with Gasteiger partial charge in [0.1, 0.15) is 19.8 Å². The predicted octanol–water partition coefficient (Wildman–Crippen LogP) is 8.87. The van der Waals surface area contributed by atoms with E-state index in [9.17, 15) is 23.8 Å². The van der Waals surface area contributed by atoms with Crippen LogP contribution < -0.4 is 10.2 Å². The van der Waals surface area contributed by atoms with Crippen LogP contribution in [0.5, 0.6) is 0 Å². The van der Waals surface area contributed by atoms with Gasteiger partial charge in [0, 0.05) is 249 Å². The fraction of sp³-hybridized carbons (Fsp3) is 0.891. The van der Waals surface area contributed by atoms with E-state index in [0.717, 1.165) is 51.4 Å². The van der Waals surface area contributed by atoms with Gasteiger partial charge < -0.3 is 44.9 Å². The molecule has 0 aliphatic rings. The maximum Gasteiger partial charge on any atom is 0.407 e. The van der Waals surface area contributed by atoms with Crippen LogP contribution in [0, 0.1) is 6.58 Å². The summed E-state index contributed by atoms with van der Waals surface area (Å²) in [4.78, 5) is 58.3. The molecule has 0 aromatic rings. The first-order valence-electron chi connectivity index (χ1n) is 31.7. The minimum atomic E-state index is -5.02.